The molecule has 0 bridgehead atoms. The van der Waals surface area contributed by atoms with E-state index < -0.39 is 0 Å². The smallest absolute Gasteiger partial charge is 0.105 e. The quantitative estimate of drug-likeness (QED) is 0.469. The van der Waals surface area contributed by atoms with E-state index in [1.165, 1.54) is 11.3 Å². The fraction of sp³-hybridized carbons (Fsp3) is 0.375. The highest BCUT2D eigenvalue weighted by Crippen LogP contribution is 2.11. The number of rotatable bonds is 0. The Bertz CT molecular complexity index is 223. The van der Waals surface area contributed by atoms with Gasteiger partial charge in [0, 0.05) is 18.7 Å². The zero-order valence-electron chi connectivity index (χ0n) is 5.75. The van der Waals surface area contributed by atoms with Gasteiger partial charge in [0.25, 0.3) is 0 Å². The predicted octanol–water partition coefficient (Wildman–Crippen LogP) is 0.889. The van der Waals surface area contributed by atoms with Crippen LogP contribution in [0.3, 0.4) is 0 Å². The topological polar surface area (TPSA) is 26.5 Å². The average Bonchev–Trinajstić information content (AvgIpc) is 2.05. The second kappa shape index (κ2) is 2.39. The Labute approximate surface area is 60.3 Å². The number of hydrogen-bond acceptors (Lipinski definition) is 1. The van der Waals surface area contributed by atoms with Crippen LogP contribution in [0.5, 0.6) is 0 Å². The van der Waals surface area contributed by atoms with Crippen molar-refractivity contribution in [3.05, 3.63) is 23.8 Å². The van der Waals surface area contributed by atoms with E-state index in [-0.39, 0.29) is 0 Å². The van der Waals surface area contributed by atoms with Gasteiger partial charge in [-0.3, -0.25) is 4.99 Å². The van der Waals surface area contributed by atoms with Gasteiger partial charge in [-0.2, -0.15) is 0 Å². The molecule has 0 aromatic carbocycles. The summed E-state index contributed by atoms with van der Waals surface area (Å²) in [6.07, 6.45) is 7.31. The summed E-state index contributed by atoms with van der Waals surface area (Å²) in [7, 11) is 0. The van der Waals surface area contributed by atoms with E-state index in [0.717, 1.165) is 13.0 Å². The van der Waals surface area contributed by atoms with E-state index in [4.69, 9.17) is 0 Å². The summed E-state index contributed by atoms with van der Waals surface area (Å²) in [6, 6.07) is 0. The third-order valence-corrected chi connectivity index (χ3v) is 1.76. The molecule has 2 nitrogen and oxygen atoms in total. The number of fused-ring (bicyclic) bond motifs is 1. The lowest BCUT2D eigenvalue weighted by molar-refractivity contribution is 0.726. The molecule has 10 heavy (non-hydrogen) atoms. The lowest BCUT2D eigenvalue weighted by Crippen LogP contribution is -2.22. The van der Waals surface area contributed by atoms with Crippen molar-refractivity contribution in [3.63, 3.8) is 0 Å². The Morgan fingerprint density at radius 2 is 2.40 bits per heavy atom. The van der Waals surface area contributed by atoms with Crippen LogP contribution in [0.25, 0.3) is 0 Å². The van der Waals surface area contributed by atoms with E-state index in [2.05, 4.69) is 28.5 Å². The molecule has 2 aliphatic rings. The maximum absolute atomic E-state index is 4.28. The van der Waals surface area contributed by atoms with E-state index in [1.807, 2.05) is 0 Å². The van der Waals surface area contributed by atoms with Gasteiger partial charge in [-0.05, 0) is 5.57 Å². The predicted molar refractivity (Wildman–Crippen MR) is 41.1 cm³/mol. The minimum Gasteiger partial charge on any atom is -0.272 e. The zero-order valence-corrected chi connectivity index (χ0v) is 5.75. The molecule has 0 fully saturated rings. The van der Waals surface area contributed by atoms with Gasteiger partial charge in [0.05, 0.1) is 0 Å². The summed E-state index contributed by atoms with van der Waals surface area (Å²) in [6.45, 7) is 1.53. The first-order valence-corrected chi connectivity index (χ1v) is 3.49. The van der Waals surface area contributed by atoms with E-state index in [9.17, 15) is 0 Å². The average molecular weight is 133 g/mol. The van der Waals surface area contributed by atoms with Crippen molar-refractivity contribution in [2.45, 2.75) is 6.42 Å². The Morgan fingerprint density at radius 1 is 1.40 bits per heavy atom. The van der Waals surface area contributed by atoms with Gasteiger partial charge in [-0.25, -0.2) is 5.32 Å². The Balaban J connectivity index is 2.32. The summed E-state index contributed by atoms with van der Waals surface area (Å²) < 4.78 is 0. The third-order valence-electron chi connectivity index (χ3n) is 1.76. The minimum absolute atomic E-state index is 0.667. The van der Waals surface area contributed by atoms with Gasteiger partial charge < -0.3 is 0 Å². The van der Waals surface area contributed by atoms with Crippen molar-refractivity contribution in [2.24, 2.45) is 4.99 Å². The minimum atomic E-state index is 0.667. The first-order valence-electron chi connectivity index (χ1n) is 3.49. The van der Waals surface area contributed by atoms with E-state index in [1.54, 1.807) is 0 Å². The van der Waals surface area contributed by atoms with Crippen LogP contribution in [0.2, 0.25) is 0 Å². The van der Waals surface area contributed by atoms with Gasteiger partial charge >= 0.3 is 0 Å². The lowest BCUT2D eigenvalue weighted by atomic mass is 10.0. The fourth-order valence-electron chi connectivity index (χ4n) is 1.21. The van der Waals surface area contributed by atoms with Gasteiger partial charge in [-0.1, -0.05) is 18.2 Å². The number of hydrogen-bond donors (Lipinski definition) is 0. The first-order chi connectivity index (χ1) is 4.97. The molecule has 51 valence electrons. The van der Waals surface area contributed by atoms with Gasteiger partial charge in [0.2, 0.25) is 0 Å². The van der Waals surface area contributed by atoms with Gasteiger partial charge in [0.15, 0.2) is 0 Å². The summed E-state index contributed by atoms with van der Waals surface area (Å²) >= 11 is 0. The molecule has 0 aromatic heterocycles. The van der Waals surface area contributed by atoms with Crippen LogP contribution in [0.4, 0.5) is 0 Å². The number of aliphatic imine (C=N–C) groups is 1. The molecule has 0 spiro atoms. The molecule has 0 amide bonds. The molecule has 1 radical (unpaired) electrons. The molecule has 0 atom stereocenters. The maximum atomic E-state index is 4.28. The van der Waals surface area contributed by atoms with Crippen LogP contribution < -0.4 is 5.32 Å². The number of nitrogens with zero attached hydrogens (tertiary/aromatic N) is 2. The summed E-state index contributed by atoms with van der Waals surface area (Å²) in [5, 5.41) is 4.17. The Morgan fingerprint density at radius 3 is 3.30 bits per heavy atom. The molecule has 0 saturated heterocycles. The monoisotopic (exact) mass is 133 g/mol. The Kier molecular flexibility index (Phi) is 1.40. The standard InChI is InChI=1S/C8H9N2/c1-2-4-8-7(3-1)5-9-6-10-8/h1-3H,4-6H2. The molecular weight excluding hydrogens is 124 g/mol. The highest BCUT2D eigenvalue weighted by Gasteiger charge is 2.11. The van der Waals surface area contributed by atoms with Crippen molar-refractivity contribution in [1.29, 1.82) is 0 Å². The highest BCUT2D eigenvalue weighted by atomic mass is 15.0. The second-order valence-corrected chi connectivity index (χ2v) is 2.45. The molecule has 1 heterocycles. The third kappa shape index (κ3) is 0.907. The molecule has 0 aromatic rings. The Hall–Kier alpha value is -0.890. The maximum Gasteiger partial charge on any atom is 0.105 e. The van der Waals surface area contributed by atoms with Crippen LogP contribution in [0.15, 0.2) is 28.8 Å². The van der Waals surface area contributed by atoms with E-state index in [0.29, 0.717) is 6.67 Å². The zero-order chi connectivity index (χ0) is 6.81. The van der Waals surface area contributed by atoms with Crippen LogP contribution in [-0.4, -0.2) is 18.9 Å². The summed E-state index contributed by atoms with van der Waals surface area (Å²) in [4.78, 5) is 4.28. The van der Waals surface area contributed by atoms with Crippen molar-refractivity contribution in [1.82, 2.24) is 5.32 Å². The molecule has 2 heteroatoms. The van der Waals surface area contributed by atoms with Crippen molar-refractivity contribution >= 4 is 5.71 Å². The SMILES string of the molecule is C1=CCC2=NC[N]CC2=C1. The fourth-order valence-corrected chi connectivity index (χ4v) is 1.21. The molecule has 2 rings (SSSR count). The lowest BCUT2D eigenvalue weighted by Gasteiger charge is -2.16. The number of allylic oxidation sites excluding steroid dienone is 3. The van der Waals surface area contributed by atoms with Gasteiger partial charge in [0.1, 0.15) is 6.67 Å². The summed E-state index contributed by atoms with van der Waals surface area (Å²) in [5.74, 6) is 0. The summed E-state index contributed by atoms with van der Waals surface area (Å²) in [5.41, 5.74) is 2.53. The van der Waals surface area contributed by atoms with Crippen LogP contribution in [-0.2, 0) is 0 Å². The van der Waals surface area contributed by atoms with Crippen LogP contribution in [0, 0.1) is 0 Å². The molecular formula is C8H9N2. The highest BCUT2D eigenvalue weighted by molar-refractivity contribution is 6.03. The van der Waals surface area contributed by atoms with Crippen molar-refractivity contribution in [3.8, 4) is 0 Å². The largest absolute Gasteiger partial charge is 0.272 e. The van der Waals surface area contributed by atoms with Crippen LogP contribution in [0.1, 0.15) is 6.42 Å². The molecule has 0 N–H and O–H groups in total. The molecule has 1 aliphatic carbocycles. The molecule has 1 aliphatic heterocycles. The van der Waals surface area contributed by atoms with Gasteiger partial charge in [-0.15, -0.1) is 0 Å². The van der Waals surface area contributed by atoms with E-state index >= 15 is 0 Å². The molecule has 0 unspecified atom stereocenters. The van der Waals surface area contributed by atoms with Crippen molar-refractivity contribution in [2.75, 3.05) is 13.2 Å². The van der Waals surface area contributed by atoms with Crippen LogP contribution >= 0.6 is 0 Å². The normalized spacial score (nSPS) is 23.2. The second-order valence-electron chi connectivity index (χ2n) is 2.45. The van der Waals surface area contributed by atoms with Crippen molar-refractivity contribution < 1.29 is 0 Å². The first kappa shape index (κ1) is 5.86. The molecule has 0 saturated carbocycles.